The highest BCUT2D eigenvalue weighted by Gasteiger charge is 2.11. The molecule has 0 heterocycles. The van der Waals surface area contributed by atoms with Gasteiger partial charge in [0.2, 0.25) is 0 Å². The Labute approximate surface area is 99.9 Å². The van der Waals surface area contributed by atoms with E-state index in [0.717, 1.165) is 26.2 Å². The van der Waals surface area contributed by atoms with Crippen molar-refractivity contribution in [1.29, 1.82) is 0 Å². The average Bonchev–Trinajstić information content (AvgIpc) is 2.17. The van der Waals surface area contributed by atoms with E-state index in [1.165, 1.54) is 0 Å². The van der Waals surface area contributed by atoms with Crippen LogP contribution in [-0.4, -0.2) is 71.5 Å². The molecule has 0 aromatic rings. The van der Waals surface area contributed by atoms with Crippen LogP contribution in [0.5, 0.6) is 0 Å². The predicted octanol–water partition coefficient (Wildman–Crippen LogP) is 0.392. The zero-order valence-corrected chi connectivity index (χ0v) is 11.2. The summed E-state index contributed by atoms with van der Waals surface area (Å²) >= 11 is 0. The minimum atomic E-state index is -0.338. The second kappa shape index (κ2) is 8.93. The van der Waals surface area contributed by atoms with Gasteiger partial charge in [-0.1, -0.05) is 13.8 Å². The van der Waals surface area contributed by atoms with Crippen molar-refractivity contribution < 1.29 is 10.2 Å². The maximum atomic E-state index is 9.38. The molecule has 0 fully saturated rings. The van der Waals surface area contributed by atoms with Crippen molar-refractivity contribution in [3.63, 3.8) is 0 Å². The maximum Gasteiger partial charge on any atom is 0.0639 e. The van der Waals surface area contributed by atoms with Gasteiger partial charge in [-0.25, -0.2) is 0 Å². The lowest BCUT2D eigenvalue weighted by Gasteiger charge is -2.28. The van der Waals surface area contributed by atoms with Crippen molar-refractivity contribution in [1.82, 2.24) is 9.80 Å². The summed E-state index contributed by atoms with van der Waals surface area (Å²) in [5.74, 6) is 0. The third-order valence-corrected chi connectivity index (χ3v) is 2.67. The lowest BCUT2D eigenvalue weighted by Crippen LogP contribution is -2.41. The molecular formula is C12H28N2O2. The molecular weight excluding hydrogens is 204 g/mol. The Morgan fingerprint density at radius 3 is 1.50 bits per heavy atom. The van der Waals surface area contributed by atoms with Gasteiger partial charge in [-0.2, -0.15) is 0 Å². The highest BCUT2D eigenvalue weighted by molar-refractivity contribution is 4.66. The molecule has 4 nitrogen and oxygen atoms in total. The van der Waals surface area contributed by atoms with Crippen molar-refractivity contribution in [2.24, 2.45) is 0 Å². The smallest absolute Gasteiger partial charge is 0.0639 e. The molecule has 16 heavy (non-hydrogen) atoms. The van der Waals surface area contributed by atoms with Gasteiger partial charge in [-0.15, -0.1) is 0 Å². The number of likely N-dealkylation sites (N-methyl/N-ethyl adjacent to an activating group) is 1. The Morgan fingerprint density at radius 2 is 1.19 bits per heavy atom. The van der Waals surface area contributed by atoms with E-state index in [0.29, 0.717) is 13.1 Å². The summed E-state index contributed by atoms with van der Waals surface area (Å²) in [4.78, 5) is 4.46. The highest BCUT2D eigenvalue weighted by atomic mass is 16.3. The summed E-state index contributed by atoms with van der Waals surface area (Å²) in [6.07, 6.45) is -0.675. The van der Waals surface area contributed by atoms with E-state index in [1.54, 1.807) is 13.8 Å². The summed E-state index contributed by atoms with van der Waals surface area (Å²) < 4.78 is 0. The fraction of sp³-hybridized carbons (Fsp3) is 1.00. The van der Waals surface area contributed by atoms with Crippen LogP contribution in [0.15, 0.2) is 0 Å². The Balaban J connectivity index is 3.99. The average molecular weight is 232 g/mol. The standard InChI is InChI=1S/C12H28N2O2/c1-5-13(6-2)7-8-14(9-11(3)15)10-12(4)16/h11-12,15-16H,5-10H2,1-4H3. The van der Waals surface area contributed by atoms with Crippen LogP contribution in [0.3, 0.4) is 0 Å². The first kappa shape index (κ1) is 15.8. The molecule has 0 saturated heterocycles. The first-order valence-electron chi connectivity index (χ1n) is 6.30. The Hall–Kier alpha value is -0.160. The number of aliphatic hydroxyl groups excluding tert-OH is 2. The molecule has 98 valence electrons. The van der Waals surface area contributed by atoms with E-state index >= 15 is 0 Å². The fourth-order valence-corrected chi connectivity index (χ4v) is 1.83. The third kappa shape index (κ3) is 8.05. The van der Waals surface area contributed by atoms with Crippen LogP contribution >= 0.6 is 0 Å². The number of nitrogens with zero attached hydrogens (tertiary/aromatic N) is 2. The van der Waals surface area contributed by atoms with Crippen LogP contribution in [0.25, 0.3) is 0 Å². The summed E-state index contributed by atoms with van der Waals surface area (Å²) in [6, 6.07) is 0. The largest absolute Gasteiger partial charge is 0.392 e. The van der Waals surface area contributed by atoms with Crippen LogP contribution in [-0.2, 0) is 0 Å². The van der Waals surface area contributed by atoms with Crippen LogP contribution < -0.4 is 0 Å². The first-order chi connectivity index (χ1) is 7.49. The second-order valence-electron chi connectivity index (χ2n) is 4.48. The number of rotatable bonds is 9. The molecule has 2 unspecified atom stereocenters. The van der Waals surface area contributed by atoms with Gasteiger partial charge >= 0.3 is 0 Å². The number of hydrogen-bond donors (Lipinski definition) is 2. The molecule has 0 aliphatic rings. The van der Waals surface area contributed by atoms with Gasteiger partial charge in [0.25, 0.3) is 0 Å². The van der Waals surface area contributed by atoms with Gasteiger partial charge in [-0.05, 0) is 26.9 Å². The molecule has 0 aromatic heterocycles. The molecule has 4 heteroatoms. The molecule has 0 bridgehead atoms. The molecule has 2 atom stereocenters. The number of aliphatic hydroxyl groups is 2. The second-order valence-corrected chi connectivity index (χ2v) is 4.48. The quantitative estimate of drug-likeness (QED) is 0.604. The van der Waals surface area contributed by atoms with Gasteiger partial charge in [0.1, 0.15) is 0 Å². The van der Waals surface area contributed by atoms with Crippen LogP contribution in [0.4, 0.5) is 0 Å². The minimum Gasteiger partial charge on any atom is -0.392 e. The molecule has 0 spiro atoms. The molecule has 0 rings (SSSR count). The SMILES string of the molecule is CCN(CC)CCN(CC(C)O)CC(C)O. The van der Waals surface area contributed by atoms with Crippen molar-refractivity contribution in [2.75, 3.05) is 39.3 Å². The topological polar surface area (TPSA) is 46.9 Å². The Morgan fingerprint density at radius 1 is 0.812 bits per heavy atom. The minimum absolute atomic E-state index is 0.338. The number of hydrogen-bond acceptors (Lipinski definition) is 4. The Kier molecular flexibility index (Phi) is 8.84. The normalized spacial score (nSPS) is 15.8. The van der Waals surface area contributed by atoms with Crippen LogP contribution in [0, 0.1) is 0 Å². The molecule has 0 amide bonds. The van der Waals surface area contributed by atoms with Crippen molar-refractivity contribution in [3.8, 4) is 0 Å². The van der Waals surface area contributed by atoms with Gasteiger partial charge in [0.15, 0.2) is 0 Å². The van der Waals surface area contributed by atoms with Gasteiger partial charge < -0.3 is 15.1 Å². The predicted molar refractivity (Wildman–Crippen MR) is 67.6 cm³/mol. The lowest BCUT2D eigenvalue weighted by atomic mass is 10.3. The highest BCUT2D eigenvalue weighted by Crippen LogP contribution is 1.97. The molecule has 0 radical (unpaired) electrons. The summed E-state index contributed by atoms with van der Waals surface area (Å²) in [6.45, 7) is 13.1. The summed E-state index contributed by atoms with van der Waals surface area (Å²) in [5.41, 5.74) is 0. The molecule has 0 aromatic carbocycles. The van der Waals surface area contributed by atoms with E-state index in [2.05, 4.69) is 23.6 Å². The monoisotopic (exact) mass is 232 g/mol. The van der Waals surface area contributed by atoms with Gasteiger partial charge in [-0.3, -0.25) is 4.90 Å². The summed E-state index contributed by atoms with van der Waals surface area (Å²) in [7, 11) is 0. The van der Waals surface area contributed by atoms with Crippen LogP contribution in [0.1, 0.15) is 27.7 Å². The van der Waals surface area contributed by atoms with E-state index < -0.39 is 0 Å². The molecule has 0 aliphatic carbocycles. The van der Waals surface area contributed by atoms with E-state index in [4.69, 9.17) is 0 Å². The van der Waals surface area contributed by atoms with Crippen LogP contribution in [0.2, 0.25) is 0 Å². The molecule has 0 saturated carbocycles. The third-order valence-electron chi connectivity index (χ3n) is 2.67. The van der Waals surface area contributed by atoms with E-state index in [9.17, 15) is 10.2 Å². The Bertz CT molecular complexity index is 149. The lowest BCUT2D eigenvalue weighted by molar-refractivity contribution is 0.0770. The summed E-state index contributed by atoms with van der Waals surface area (Å²) in [5, 5.41) is 18.8. The zero-order chi connectivity index (χ0) is 12.6. The zero-order valence-electron chi connectivity index (χ0n) is 11.2. The van der Waals surface area contributed by atoms with Crippen molar-refractivity contribution >= 4 is 0 Å². The van der Waals surface area contributed by atoms with Gasteiger partial charge in [0, 0.05) is 26.2 Å². The molecule has 0 aliphatic heterocycles. The van der Waals surface area contributed by atoms with Crippen molar-refractivity contribution in [3.05, 3.63) is 0 Å². The van der Waals surface area contributed by atoms with Crippen molar-refractivity contribution in [2.45, 2.75) is 39.9 Å². The maximum absolute atomic E-state index is 9.38. The molecule has 2 N–H and O–H groups in total. The van der Waals surface area contributed by atoms with E-state index in [1.807, 2.05) is 0 Å². The van der Waals surface area contributed by atoms with Gasteiger partial charge in [0.05, 0.1) is 12.2 Å². The fourth-order valence-electron chi connectivity index (χ4n) is 1.83. The van der Waals surface area contributed by atoms with E-state index in [-0.39, 0.29) is 12.2 Å². The first-order valence-corrected chi connectivity index (χ1v) is 6.30.